The van der Waals surface area contributed by atoms with Crippen molar-refractivity contribution in [1.29, 1.82) is 0 Å². The zero-order chi connectivity index (χ0) is 13.8. The van der Waals surface area contributed by atoms with Crippen LogP contribution in [-0.4, -0.2) is 11.0 Å². The minimum absolute atomic E-state index is 0.110. The van der Waals surface area contributed by atoms with E-state index in [4.69, 9.17) is 27.9 Å². The van der Waals surface area contributed by atoms with E-state index in [0.29, 0.717) is 9.50 Å². The maximum Gasteiger partial charge on any atom is 0.341 e. The minimum atomic E-state index is -0.529. The summed E-state index contributed by atoms with van der Waals surface area (Å²) < 4.78 is 5.82. The van der Waals surface area contributed by atoms with Gasteiger partial charge in [0.25, 0.3) is 0 Å². The average Bonchev–Trinajstić information content (AvgIpc) is 2.39. The summed E-state index contributed by atoms with van der Waals surface area (Å²) in [4.78, 5) is 15.7. The van der Waals surface area contributed by atoms with Crippen LogP contribution in [0.15, 0.2) is 41.0 Å². The number of carbonyl (C=O) groups excluding carboxylic acids is 1. The van der Waals surface area contributed by atoms with Gasteiger partial charge in [0.05, 0.1) is 5.56 Å². The molecule has 1 aromatic carbocycles. The molecular weight excluding hydrogens is 353 g/mol. The summed E-state index contributed by atoms with van der Waals surface area (Å²) in [5, 5.41) is 0.704. The Morgan fingerprint density at radius 1 is 1.32 bits per heavy atom. The molecule has 0 spiro atoms. The number of carbonyl (C=O) groups is 1. The van der Waals surface area contributed by atoms with Gasteiger partial charge in [-0.1, -0.05) is 35.3 Å². The van der Waals surface area contributed by atoms with Gasteiger partial charge in [-0.05, 0) is 39.7 Å². The quantitative estimate of drug-likeness (QED) is 0.597. The van der Waals surface area contributed by atoms with E-state index in [-0.39, 0.29) is 17.3 Å². The summed E-state index contributed by atoms with van der Waals surface area (Å²) in [6.07, 6.45) is 1.51. The number of ether oxygens (including phenoxy) is 1. The van der Waals surface area contributed by atoms with Gasteiger partial charge in [-0.25, -0.2) is 9.78 Å². The molecule has 0 radical (unpaired) electrons. The number of esters is 1. The molecule has 0 saturated heterocycles. The summed E-state index contributed by atoms with van der Waals surface area (Å²) in [6.45, 7) is 0.127. The summed E-state index contributed by atoms with van der Waals surface area (Å²) in [5.74, 6) is -0.529. The molecule has 2 rings (SSSR count). The van der Waals surface area contributed by atoms with Crippen molar-refractivity contribution in [2.75, 3.05) is 0 Å². The topological polar surface area (TPSA) is 39.2 Å². The van der Waals surface area contributed by atoms with E-state index in [1.54, 1.807) is 24.3 Å². The molecular formula is C13H8BrCl2NO2. The van der Waals surface area contributed by atoms with Gasteiger partial charge < -0.3 is 4.74 Å². The van der Waals surface area contributed by atoms with E-state index in [9.17, 15) is 4.79 Å². The van der Waals surface area contributed by atoms with E-state index in [2.05, 4.69) is 20.9 Å². The van der Waals surface area contributed by atoms with Crippen molar-refractivity contribution in [1.82, 2.24) is 4.98 Å². The molecule has 0 aliphatic rings. The van der Waals surface area contributed by atoms with Gasteiger partial charge in [0.1, 0.15) is 11.8 Å². The number of nitrogens with zero attached hydrogens (tertiary/aromatic N) is 1. The predicted octanol–water partition coefficient (Wildman–Crippen LogP) is 4.51. The van der Waals surface area contributed by atoms with Crippen LogP contribution in [0.4, 0.5) is 0 Å². The monoisotopic (exact) mass is 359 g/mol. The van der Waals surface area contributed by atoms with E-state index in [0.717, 1.165) is 5.56 Å². The van der Waals surface area contributed by atoms with Crippen LogP contribution in [0.5, 0.6) is 0 Å². The molecule has 0 aliphatic heterocycles. The lowest BCUT2D eigenvalue weighted by Gasteiger charge is -2.06. The SMILES string of the molecule is O=C(OCc1cccc(Cl)c1)c1cc(Br)cnc1Cl. The zero-order valence-electron chi connectivity index (χ0n) is 9.57. The molecule has 1 heterocycles. The number of aromatic nitrogens is 1. The Bertz CT molecular complexity index is 619. The van der Waals surface area contributed by atoms with Gasteiger partial charge in [-0.15, -0.1) is 0 Å². The minimum Gasteiger partial charge on any atom is -0.457 e. The van der Waals surface area contributed by atoms with Crippen LogP contribution in [0.25, 0.3) is 0 Å². The van der Waals surface area contributed by atoms with Gasteiger partial charge in [0.15, 0.2) is 0 Å². The number of halogens is 3. The second-order valence-electron chi connectivity index (χ2n) is 3.70. The fourth-order valence-electron chi connectivity index (χ4n) is 1.42. The van der Waals surface area contributed by atoms with Crippen LogP contribution in [0.2, 0.25) is 10.2 Å². The largest absolute Gasteiger partial charge is 0.457 e. The highest BCUT2D eigenvalue weighted by atomic mass is 79.9. The van der Waals surface area contributed by atoms with Crippen LogP contribution in [0.3, 0.4) is 0 Å². The summed E-state index contributed by atoms with van der Waals surface area (Å²) >= 11 is 14.9. The van der Waals surface area contributed by atoms with Gasteiger partial charge >= 0.3 is 5.97 Å². The molecule has 0 atom stereocenters. The predicted molar refractivity (Wildman–Crippen MR) is 77.5 cm³/mol. The molecule has 0 aliphatic carbocycles. The Morgan fingerprint density at radius 2 is 2.11 bits per heavy atom. The molecule has 3 nitrogen and oxygen atoms in total. The van der Waals surface area contributed by atoms with Crippen molar-refractivity contribution in [3.63, 3.8) is 0 Å². The van der Waals surface area contributed by atoms with Gasteiger partial charge in [0, 0.05) is 15.7 Å². The second kappa shape index (κ2) is 6.37. The van der Waals surface area contributed by atoms with Gasteiger partial charge in [0.2, 0.25) is 0 Å². The molecule has 0 saturated carbocycles. The molecule has 0 N–H and O–H groups in total. The Hall–Kier alpha value is -1.10. The molecule has 1 aromatic heterocycles. The van der Waals surface area contributed by atoms with Crippen LogP contribution < -0.4 is 0 Å². The van der Waals surface area contributed by atoms with Crippen molar-refractivity contribution in [2.24, 2.45) is 0 Å². The molecule has 0 fully saturated rings. The Balaban J connectivity index is 2.07. The standard InChI is InChI=1S/C13H8BrCl2NO2/c14-9-5-11(12(16)17-6-9)13(18)19-7-8-2-1-3-10(15)4-8/h1-6H,7H2. The second-order valence-corrected chi connectivity index (χ2v) is 5.41. The number of hydrogen-bond donors (Lipinski definition) is 0. The van der Waals surface area contributed by atoms with Crippen molar-refractivity contribution < 1.29 is 9.53 Å². The third-order valence-corrected chi connectivity index (χ3v) is 3.25. The lowest BCUT2D eigenvalue weighted by atomic mass is 10.2. The van der Waals surface area contributed by atoms with Gasteiger partial charge in [-0.2, -0.15) is 0 Å². The first kappa shape index (κ1) is 14.3. The van der Waals surface area contributed by atoms with Crippen molar-refractivity contribution in [2.45, 2.75) is 6.61 Å². The van der Waals surface area contributed by atoms with Crippen LogP contribution in [0.1, 0.15) is 15.9 Å². The maximum absolute atomic E-state index is 11.9. The molecule has 19 heavy (non-hydrogen) atoms. The summed E-state index contributed by atoms with van der Waals surface area (Å²) in [6, 6.07) is 8.66. The first-order chi connectivity index (χ1) is 9.06. The van der Waals surface area contributed by atoms with Crippen LogP contribution in [0, 0.1) is 0 Å². The number of rotatable bonds is 3. The highest BCUT2D eigenvalue weighted by molar-refractivity contribution is 9.10. The average molecular weight is 361 g/mol. The van der Waals surface area contributed by atoms with Crippen LogP contribution in [-0.2, 0) is 11.3 Å². The van der Waals surface area contributed by atoms with E-state index >= 15 is 0 Å². The lowest BCUT2D eigenvalue weighted by Crippen LogP contribution is -2.06. The Morgan fingerprint density at radius 3 is 2.84 bits per heavy atom. The van der Waals surface area contributed by atoms with E-state index in [1.807, 2.05) is 6.07 Å². The number of pyridine rings is 1. The van der Waals surface area contributed by atoms with E-state index in [1.165, 1.54) is 6.20 Å². The number of hydrogen-bond acceptors (Lipinski definition) is 3. The highest BCUT2D eigenvalue weighted by Gasteiger charge is 2.13. The molecule has 98 valence electrons. The summed E-state index contributed by atoms with van der Waals surface area (Å²) in [5.41, 5.74) is 1.03. The third kappa shape index (κ3) is 3.93. The normalized spacial score (nSPS) is 10.3. The first-order valence-corrected chi connectivity index (χ1v) is 6.84. The Labute approximate surface area is 128 Å². The maximum atomic E-state index is 11.9. The van der Waals surface area contributed by atoms with Gasteiger partial charge in [-0.3, -0.25) is 0 Å². The third-order valence-electron chi connectivity index (χ3n) is 2.28. The zero-order valence-corrected chi connectivity index (χ0v) is 12.7. The summed E-state index contributed by atoms with van der Waals surface area (Å²) in [7, 11) is 0. The Kier molecular flexibility index (Phi) is 4.80. The highest BCUT2D eigenvalue weighted by Crippen LogP contribution is 2.19. The fourth-order valence-corrected chi connectivity index (χ4v) is 2.14. The first-order valence-electron chi connectivity index (χ1n) is 5.29. The smallest absolute Gasteiger partial charge is 0.341 e. The van der Waals surface area contributed by atoms with E-state index < -0.39 is 5.97 Å². The molecule has 6 heteroatoms. The molecule has 0 bridgehead atoms. The fraction of sp³-hybridized carbons (Fsp3) is 0.0769. The van der Waals surface area contributed by atoms with Crippen LogP contribution >= 0.6 is 39.1 Å². The van der Waals surface area contributed by atoms with Crippen molar-refractivity contribution >= 4 is 45.1 Å². The number of benzene rings is 1. The lowest BCUT2D eigenvalue weighted by molar-refractivity contribution is 0.0472. The molecule has 2 aromatic rings. The molecule has 0 unspecified atom stereocenters. The molecule has 0 amide bonds. The van der Waals surface area contributed by atoms with Crippen molar-refractivity contribution in [3.05, 3.63) is 62.3 Å². The van der Waals surface area contributed by atoms with Crippen molar-refractivity contribution in [3.8, 4) is 0 Å².